The van der Waals surface area contributed by atoms with Gasteiger partial charge in [-0.25, -0.2) is 9.78 Å². The molecule has 0 amide bonds. The Kier molecular flexibility index (Phi) is 3.32. The van der Waals surface area contributed by atoms with Crippen molar-refractivity contribution in [3.05, 3.63) is 47.2 Å². The Morgan fingerprint density at radius 3 is 2.72 bits per heavy atom. The van der Waals surface area contributed by atoms with Gasteiger partial charge in [0, 0.05) is 0 Å². The number of aromatic nitrogens is 1. The highest BCUT2D eigenvalue weighted by molar-refractivity contribution is 5.90. The van der Waals surface area contributed by atoms with E-state index in [4.69, 9.17) is 14.3 Å². The number of hydrogen-bond donors (Lipinski definition) is 1. The number of rotatable bonds is 4. The summed E-state index contributed by atoms with van der Waals surface area (Å²) in [5, 5.41) is 8.99. The fourth-order valence-corrected chi connectivity index (χ4v) is 1.51. The number of para-hydroxylation sites is 1. The van der Waals surface area contributed by atoms with Gasteiger partial charge in [0.1, 0.15) is 17.1 Å². The Bertz CT molecular complexity index is 555. The van der Waals surface area contributed by atoms with E-state index in [9.17, 15) is 4.79 Å². The average molecular weight is 247 g/mol. The molecule has 0 atom stereocenters. The van der Waals surface area contributed by atoms with Crippen molar-refractivity contribution in [2.24, 2.45) is 0 Å². The van der Waals surface area contributed by atoms with Crippen LogP contribution in [0.25, 0.3) is 0 Å². The molecule has 1 aromatic heterocycles. The van der Waals surface area contributed by atoms with Gasteiger partial charge in [-0.15, -0.1) is 0 Å². The van der Waals surface area contributed by atoms with Crippen molar-refractivity contribution in [3.8, 4) is 5.75 Å². The summed E-state index contributed by atoms with van der Waals surface area (Å²) < 4.78 is 10.8. The lowest BCUT2D eigenvalue weighted by molar-refractivity contribution is 0.0691. The molecule has 2 aromatic rings. The quantitative estimate of drug-likeness (QED) is 0.898. The molecule has 0 fully saturated rings. The lowest BCUT2D eigenvalue weighted by atomic mass is 10.2. The maximum atomic E-state index is 11.0. The Hall–Kier alpha value is -2.30. The van der Waals surface area contributed by atoms with Gasteiger partial charge in [-0.3, -0.25) is 0 Å². The van der Waals surface area contributed by atoms with Crippen LogP contribution < -0.4 is 4.74 Å². The van der Waals surface area contributed by atoms with E-state index in [2.05, 4.69) is 4.98 Å². The summed E-state index contributed by atoms with van der Waals surface area (Å²) in [6.07, 6.45) is 0. The number of oxazole rings is 1. The zero-order chi connectivity index (χ0) is 13.1. The van der Waals surface area contributed by atoms with Crippen LogP contribution in [0.2, 0.25) is 0 Å². The fourth-order valence-electron chi connectivity index (χ4n) is 1.51. The zero-order valence-corrected chi connectivity index (χ0v) is 10.1. The molecule has 0 saturated heterocycles. The molecule has 0 bridgehead atoms. The number of aromatic carboxylic acids is 1. The molecular weight excluding hydrogens is 234 g/mol. The molecule has 1 aromatic carbocycles. The minimum absolute atomic E-state index is 0.110. The van der Waals surface area contributed by atoms with Crippen LogP contribution in [0.1, 0.15) is 27.7 Å². The fraction of sp³-hybridized carbons (Fsp3) is 0.231. The van der Waals surface area contributed by atoms with Crippen LogP contribution in [-0.4, -0.2) is 16.1 Å². The first-order valence-electron chi connectivity index (χ1n) is 5.46. The van der Waals surface area contributed by atoms with E-state index in [1.807, 2.05) is 13.8 Å². The van der Waals surface area contributed by atoms with Crippen molar-refractivity contribution in [1.82, 2.24) is 4.98 Å². The number of carbonyl (C=O) groups is 1. The SMILES string of the molecule is Cc1nc(COc2ccccc2C(=O)O)oc1C. The van der Waals surface area contributed by atoms with E-state index in [0.717, 1.165) is 11.5 Å². The molecule has 0 radical (unpaired) electrons. The monoisotopic (exact) mass is 247 g/mol. The number of nitrogens with zero attached hydrogens (tertiary/aromatic N) is 1. The number of hydrogen-bond acceptors (Lipinski definition) is 4. The first-order valence-corrected chi connectivity index (χ1v) is 5.46. The lowest BCUT2D eigenvalue weighted by Crippen LogP contribution is -2.03. The second-order valence-electron chi connectivity index (χ2n) is 3.84. The van der Waals surface area contributed by atoms with E-state index in [0.29, 0.717) is 11.6 Å². The molecule has 1 heterocycles. The normalized spacial score (nSPS) is 10.3. The summed E-state index contributed by atoms with van der Waals surface area (Å²) in [6.45, 7) is 3.77. The van der Waals surface area contributed by atoms with E-state index >= 15 is 0 Å². The van der Waals surface area contributed by atoms with E-state index in [1.165, 1.54) is 6.07 Å². The summed E-state index contributed by atoms with van der Waals surface area (Å²) >= 11 is 0. The highest BCUT2D eigenvalue weighted by atomic mass is 16.5. The lowest BCUT2D eigenvalue weighted by Gasteiger charge is -2.06. The van der Waals surface area contributed by atoms with Gasteiger partial charge in [0.2, 0.25) is 5.89 Å². The summed E-state index contributed by atoms with van der Waals surface area (Å²) in [4.78, 5) is 15.1. The van der Waals surface area contributed by atoms with Gasteiger partial charge < -0.3 is 14.3 Å². The van der Waals surface area contributed by atoms with Crippen LogP contribution in [0.5, 0.6) is 5.75 Å². The maximum absolute atomic E-state index is 11.0. The number of carboxylic acids is 1. The van der Waals surface area contributed by atoms with Crippen molar-refractivity contribution in [2.45, 2.75) is 20.5 Å². The van der Waals surface area contributed by atoms with Gasteiger partial charge in [-0.2, -0.15) is 0 Å². The Morgan fingerprint density at radius 1 is 1.39 bits per heavy atom. The van der Waals surface area contributed by atoms with Crippen molar-refractivity contribution in [1.29, 1.82) is 0 Å². The third-order valence-electron chi connectivity index (χ3n) is 2.54. The molecule has 0 spiro atoms. The maximum Gasteiger partial charge on any atom is 0.339 e. The predicted octanol–water partition coefficient (Wildman–Crippen LogP) is 2.57. The van der Waals surface area contributed by atoms with Crippen LogP contribution in [0, 0.1) is 13.8 Å². The molecule has 5 heteroatoms. The molecule has 0 aliphatic carbocycles. The van der Waals surface area contributed by atoms with Crippen molar-refractivity contribution in [3.63, 3.8) is 0 Å². The number of ether oxygens (including phenoxy) is 1. The van der Waals surface area contributed by atoms with Crippen molar-refractivity contribution < 1.29 is 19.1 Å². The molecule has 0 unspecified atom stereocenters. The van der Waals surface area contributed by atoms with Crippen LogP contribution >= 0.6 is 0 Å². The minimum Gasteiger partial charge on any atom is -0.483 e. The first kappa shape index (κ1) is 12.2. The molecular formula is C13H13NO4. The third kappa shape index (κ3) is 2.51. The molecule has 1 N–H and O–H groups in total. The second kappa shape index (κ2) is 4.91. The summed E-state index contributed by atoms with van der Waals surface area (Å²) in [6, 6.07) is 6.46. The van der Waals surface area contributed by atoms with Crippen LogP contribution in [0.15, 0.2) is 28.7 Å². The minimum atomic E-state index is -1.02. The van der Waals surface area contributed by atoms with Crippen LogP contribution in [0.3, 0.4) is 0 Å². The molecule has 5 nitrogen and oxygen atoms in total. The first-order chi connectivity index (χ1) is 8.58. The zero-order valence-electron chi connectivity index (χ0n) is 10.1. The molecule has 18 heavy (non-hydrogen) atoms. The van der Waals surface area contributed by atoms with Crippen molar-refractivity contribution in [2.75, 3.05) is 0 Å². The third-order valence-corrected chi connectivity index (χ3v) is 2.54. The van der Waals surface area contributed by atoms with Gasteiger partial charge >= 0.3 is 5.97 Å². The van der Waals surface area contributed by atoms with Gasteiger partial charge in [-0.05, 0) is 26.0 Å². The Balaban J connectivity index is 2.13. The molecule has 0 aliphatic heterocycles. The number of carboxylic acid groups (broad SMARTS) is 1. The highest BCUT2D eigenvalue weighted by Crippen LogP contribution is 2.19. The Morgan fingerprint density at radius 2 is 2.11 bits per heavy atom. The van der Waals surface area contributed by atoms with Crippen LogP contribution in [-0.2, 0) is 6.61 Å². The summed E-state index contributed by atoms with van der Waals surface area (Å²) in [7, 11) is 0. The van der Waals surface area contributed by atoms with Gasteiger partial charge in [0.15, 0.2) is 6.61 Å². The standard InChI is InChI=1S/C13H13NO4/c1-8-9(2)18-12(14-8)7-17-11-6-4-3-5-10(11)13(15)16/h3-6H,7H2,1-2H3,(H,15,16). The van der Waals surface area contributed by atoms with Gasteiger partial charge in [0.25, 0.3) is 0 Å². The molecule has 2 rings (SSSR count). The highest BCUT2D eigenvalue weighted by Gasteiger charge is 2.12. The smallest absolute Gasteiger partial charge is 0.339 e. The molecule has 94 valence electrons. The van der Waals surface area contributed by atoms with E-state index in [1.54, 1.807) is 18.2 Å². The summed E-state index contributed by atoms with van der Waals surface area (Å²) in [5.74, 6) is 0.453. The van der Waals surface area contributed by atoms with E-state index in [-0.39, 0.29) is 12.2 Å². The number of aryl methyl sites for hydroxylation is 2. The van der Waals surface area contributed by atoms with Crippen molar-refractivity contribution >= 4 is 5.97 Å². The topological polar surface area (TPSA) is 72.6 Å². The largest absolute Gasteiger partial charge is 0.483 e. The van der Waals surface area contributed by atoms with Crippen LogP contribution in [0.4, 0.5) is 0 Å². The molecule has 0 saturated carbocycles. The predicted molar refractivity (Wildman–Crippen MR) is 63.7 cm³/mol. The van der Waals surface area contributed by atoms with Gasteiger partial charge in [-0.1, -0.05) is 12.1 Å². The Labute approximate surface area is 104 Å². The summed E-state index contributed by atoms with van der Waals surface area (Å²) in [5.41, 5.74) is 0.928. The molecule has 0 aliphatic rings. The van der Waals surface area contributed by atoms with E-state index < -0.39 is 5.97 Å². The number of benzene rings is 1. The second-order valence-corrected chi connectivity index (χ2v) is 3.84. The average Bonchev–Trinajstić information content (AvgIpc) is 2.66. The van der Waals surface area contributed by atoms with Gasteiger partial charge in [0.05, 0.1) is 5.69 Å².